The van der Waals surface area contributed by atoms with E-state index in [1.165, 1.54) is 4.90 Å². The van der Waals surface area contributed by atoms with Crippen LogP contribution in [0.4, 0.5) is 5.82 Å². The van der Waals surface area contributed by atoms with E-state index in [9.17, 15) is 9.59 Å². The topological polar surface area (TPSA) is 87.2 Å². The molecule has 2 aliphatic rings. The monoisotopic (exact) mass is 529 g/mol. The molecule has 0 saturated carbocycles. The first-order valence-corrected chi connectivity index (χ1v) is 13.1. The van der Waals surface area contributed by atoms with Crippen LogP contribution in [-0.2, 0) is 22.7 Å². The van der Waals surface area contributed by atoms with Gasteiger partial charge >= 0.3 is 0 Å². The maximum absolute atomic E-state index is 13.1. The Morgan fingerprint density at radius 2 is 1.92 bits per heavy atom. The third-order valence-electron chi connectivity index (χ3n) is 7.11. The van der Waals surface area contributed by atoms with Crippen LogP contribution in [0, 0.1) is 6.92 Å². The molecule has 3 heterocycles. The van der Waals surface area contributed by atoms with Crippen molar-refractivity contribution in [3.63, 3.8) is 0 Å². The van der Waals surface area contributed by atoms with Crippen LogP contribution in [0.3, 0.4) is 0 Å². The van der Waals surface area contributed by atoms with Gasteiger partial charge in [0, 0.05) is 52.5 Å². The fourth-order valence-electron chi connectivity index (χ4n) is 4.95. The Morgan fingerprint density at radius 3 is 2.69 bits per heavy atom. The molecule has 3 aromatic rings. The molecule has 4 bridgehead atoms. The summed E-state index contributed by atoms with van der Waals surface area (Å²) in [5.41, 5.74) is 3.44. The van der Waals surface area contributed by atoms with Gasteiger partial charge < -0.3 is 24.6 Å². The summed E-state index contributed by atoms with van der Waals surface area (Å²) in [6.45, 7) is 4.26. The zero-order chi connectivity index (χ0) is 27.5. The highest BCUT2D eigenvalue weighted by Crippen LogP contribution is 2.28. The molecule has 0 radical (unpaired) electrons. The summed E-state index contributed by atoms with van der Waals surface area (Å²) in [5, 5.41) is 3.13. The van der Waals surface area contributed by atoms with E-state index in [1.54, 1.807) is 19.2 Å². The van der Waals surface area contributed by atoms with Crippen LogP contribution >= 0.6 is 0 Å². The lowest BCUT2D eigenvalue weighted by molar-refractivity contribution is -0.123. The molecule has 2 amide bonds. The highest BCUT2D eigenvalue weighted by atomic mass is 16.5. The van der Waals surface area contributed by atoms with Crippen LogP contribution in [0.5, 0.6) is 11.5 Å². The van der Waals surface area contributed by atoms with Crippen LogP contribution in [0.1, 0.15) is 27.0 Å². The van der Waals surface area contributed by atoms with Crippen molar-refractivity contribution in [1.29, 1.82) is 0 Å². The number of aromatic nitrogens is 1. The minimum absolute atomic E-state index is 0.0545. The van der Waals surface area contributed by atoms with Crippen LogP contribution < -0.4 is 15.0 Å². The highest BCUT2D eigenvalue weighted by molar-refractivity contribution is 5.96. The number of fused-ring (bicyclic) bond motifs is 5. The van der Waals surface area contributed by atoms with E-state index >= 15 is 0 Å². The predicted molar refractivity (Wildman–Crippen MR) is 149 cm³/mol. The number of amides is 2. The number of likely N-dealkylation sites (tertiary alicyclic amines) is 1. The summed E-state index contributed by atoms with van der Waals surface area (Å²) in [4.78, 5) is 36.4. The number of nitrogens with zero attached hydrogens (tertiary/aromatic N) is 4. The van der Waals surface area contributed by atoms with Gasteiger partial charge in [0.2, 0.25) is 5.91 Å². The van der Waals surface area contributed by atoms with Crippen molar-refractivity contribution < 1.29 is 19.1 Å². The summed E-state index contributed by atoms with van der Waals surface area (Å²) < 4.78 is 12.5. The summed E-state index contributed by atoms with van der Waals surface area (Å²) in [6, 6.07) is 17.0. The number of carbonyl (C=O) groups is 2. The molecule has 1 saturated heterocycles. The standard InChI is InChI=1S/C30H35N5O4/c1-20-8-10-23-13-26(20)39-24-7-5-6-21(12-24)19-38-27-17-35(15-22-9-11-28(31-14-22)33(2)3)16-25(27)32-29(36)18-34(4)30(23)37/h5-14,25,27H,15-19H2,1-4H3,(H,32,36)/t25-,27-/m0/s1. The van der Waals surface area contributed by atoms with Crippen molar-refractivity contribution in [1.82, 2.24) is 20.1 Å². The Balaban J connectivity index is 1.37. The molecule has 2 aliphatic heterocycles. The zero-order valence-electron chi connectivity index (χ0n) is 22.9. The van der Waals surface area contributed by atoms with Gasteiger partial charge in [0.15, 0.2) is 0 Å². The second kappa shape index (κ2) is 11.4. The first-order chi connectivity index (χ1) is 18.7. The largest absolute Gasteiger partial charge is 0.457 e. The zero-order valence-corrected chi connectivity index (χ0v) is 22.9. The number of carbonyl (C=O) groups excluding carboxylic acids is 2. The van der Waals surface area contributed by atoms with E-state index in [0.29, 0.717) is 43.3 Å². The number of hydrogen-bond acceptors (Lipinski definition) is 7. The normalized spacial score (nSPS) is 20.3. The minimum Gasteiger partial charge on any atom is -0.457 e. The van der Waals surface area contributed by atoms with Gasteiger partial charge in [-0.3, -0.25) is 14.5 Å². The van der Waals surface area contributed by atoms with Crippen LogP contribution in [0.25, 0.3) is 0 Å². The van der Waals surface area contributed by atoms with Crippen LogP contribution in [0.2, 0.25) is 0 Å². The molecule has 0 spiro atoms. The number of hydrogen-bond donors (Lipinski definition) is 1. The lowest BCUT2D eigenvalue weighted by Crippen LogP contribution is -2.48. The van der Waals surface area contributed by atoms with Gasteiger partial charge in [0.05, 0.1) is 25.3 Å². The van der Waals surface area contributed by atoms with Gasteiger partial charge in [-0.25, -0.2) is 4.98 Å². The molecule has 204 valence electrons. The number of aryl methyl sites for hydroxylation is 1. The lowest BCUT2D eigenvalue weighted by Gasteiger charge is -2.23. The number of ether oxygens (including phenoxy) is 2. The number of likely N-dealkylation sites (N-methyl/N-ethyl adjacent to an activating group) is 1. The maximum atomic E-state index is 13.1. The molecule has 0 aliphatic carbocycles. The molecule has 2 atom stereocenters. The van der Waals surface area contributed by atoms with E-state index in [2.05, 4.69) is 21.3 Å². The van der Waals surface area contributed by atoms with Crippen molar-refractivity contribution in [2.45, 2.75) is 32.2 Å². The van der Waals surface area contributed by atoms with E-state index in [1.807, 2.05) is 68.5 Å². The summed E-state index contributed by atoms with van der Waals surface area (Å²) in [5.74, 6) is 1.72. The molecule has 1 N–H and O–H groups in total. The van der Waals surface area contributed by atoms with Gasteiger partial charge in [-0.1, -0.05) is 24.3 Å². The highest BCUT2D eigenvalue weighted by Gasteiger charge is 2.35. The van der Waals surface area contributed by atoms with Gasteiger partial charge in [-0.15, -0.1) is 0 Å². The molecule has 5 rings (SSSR count). The fourth-order valence-corrected chi connectivity index (χ4v) is 4.95. The lowest BCUT2D eigenvalue weighted by atomic mass is 10.1. The van der Waals surface area contributed by atoms with Crippen molar-refractivity contribution in [3.8, 4) is 11.5 Å². The minimum atomic E-state index is -0.245. The molecule has 1 fully saturated rings. The predicted octanol–water partition coefficient (Wildman–Crippen LogP) is 3.22. The van der Waals surface area contributed by atoms with Crippen LogP contribution in [-0.4, -0.2) is 79.5 Å². The van der Waals surface area contributed by atoms with Crippen molar-refractivity contribution in [2.24, 2.45) is 0 Å². The van der Waals surface area contributed by atoms with E-state index < -0.39 is 0 Å². The van der Waals surface area contributed by atoms with E-state index in [4.69, 9.17) is 9.47 Å². The maximum Gasteiger partial charge on any atom is 0.254 e. The summed E-state index contributed by atoms with van der Waals surface area (Å²) in [7, 11) is 5.56. The Bertz CT molecular complexity index is 1340. The average Bonchev–Trinajstić information content (AvgIpc) is 3.28. The Hall–Kier alpha value is -3.95. The molecular weight excluding hydrogens is 494 g/mol. The summed E-state index contributed by atoms with van der Waals surface area (Å²) in [6.07, 6.45) is 1.68. The molecule has 0 unspecified atom stereocenters. The average molecular weight is 530 g/mol. The molecule has 39 heavy (non-hydrogen) atoms. The smallest absolute Gasteiger partial charge is 0.254 e. The van der Waals surface area contributed by atoms with Crippen molar-refractivity contribution in [3.05, 3.63) is 83.0 Å². The third kappa shape index (κ3) is 6.38. The Morgan fingerprint density at radius 1 is 1.08 bits per heavy atom. The molecule has 1 aromatic heterocycles. The number of nitrogens with one attached hydrogen (secondary N) is 1. The Kier molecular flexibility index (Phi) is 7.81. The summed E-state index contributed by atoms with van der Waals surface area (Å²) >= 11 is 0. The number of pyridine rings is 1. The SMILES string of the molecule is Cc1ccc2cc1Oc1cccc(c1)CO[C@H]1CN(Cc3ccc(N(C)C)nc3)C[C@@H]1NC(=O)CN(C)C2=O. The quantitative estimate of drug-likeness (QED) is 0.558. The first kappa shape index (κ1) is 26.6. The number of benzene rings is 2. The molecule has 9 nitrogen and oxygen atoms in total. The number of rotatable bonds is 3. The fraction of sp³-hybridized carbons (Fsp3) is 0.367. The Labute approximate surface area is 229 Å². The van der Waals surface area contributed by atoms with Gasteiger partial charge in [0.25, 0.3) is 5.91 Å². The van der Waals surface area contributed by atoms with Gasteiger partial charge in [-0.05, 0) is 53.9 Å². The number of anilines is 1. The van der Waals surface area contributed by atoms with Crippen molar-refractivity contribution in [2.75, 3.05) is 45.7 Å². The second-order valence-corrected chi connectivity index (χ2v) is 10.5. The van der Waals surface area contributed by atoms with E-state index in [0.717, 1.165) is 22.5 Å². The van der Waals surface area contributed by atoms with E-state index in [-0.39, 0.29) is 30.5 Å². The van der Waals surface area contributed by atoms with Gasteiger partial charge in [0.1, 0.15) is 17.3 Å². The molecular formula is C30H35N5O4. The molecule has 2 aromatic carbocycles. The molecule has 9 heteroatoms. The third-order valence-corrected chi connectivity index (χ3v) is 7.11. The first-order valence-electron chi connectivity index (χ1n) is 13.1. The second-order valence-electron chi connectivity index (χ2n) is 10.5. The van der Waals surface area contributed by atoms with Crippen molar-refractivity contribution >= 4 is 17.6 Å². The van der Waals surface area contributed by atoms with Crippen LogP contribution in [0.15, 0.2) is 60.8 Å². The van der Waals surface area contributed by atoms with Gasteiger partial charge in [-0.2, -0.15) is 0 Å².